The summed E-state index contributed by atoms with van der Waals surface area (Å²) in [4.78, 5) is 4.56. The zero-order valence-corrected chi connectivity index (χ0v) is 10.7. The van der Waals surface area contributed by atoms with Crippen LogP contribution >= 0.6 is 24.0 Å². The lowest BCUT2D eigenvalue weighted by atomic mass is 10.2. The fourth-order valence-electron chi connectivity index (χ4n) is 1.92. The maximum absolute atomic E-state index is 4.56. The normalized spacial score (nSPS) is 10.5. The molecule has 3 heteroatoms. The second-order valence-corrected chi connectivity index (χ2v) is 3.48. The molecule has 0 radical (unpaired) electrons. The topological polar surface area (TPSA) is 17.8 Å². The first kappa shape index (κ1) is 10.4. The van der Waals surface area contributed by atoms with Gasteiger partial charge in [-0.1, -0.05) is 18.2 Å². The van der Waals surface area contributed by atoms with E-state index in [4.69, 9.17) is 0 Å². The zero-order valence-electron chi connectivity index (χ0n) is 8.34. The minimum atomic E-state index is 0. The van der Waals surface area contributed by atoms with E-state index < -0.39 is 0 Å². The molecule has 0 atom stereocenters. The summed E-state index contributed by atoms with van der Waals surface area (Å²) in [5.74, 6) is 0. The van der Waals surface area contributed by atoms with Gasteiger partial charge in [0.25, 0.3) is 0 Å². The van der Waals surface area contributed by atoms with Crippen LogP contribution in [0, 0.1) is 0 Å². The molecule has 2 nitrogen and oxygen atoms in total. The van der Waals surface area contributed by atoms with Crippen molar-refractivity contribution in [1.29, 1.82) is 0 Å². The highest BCUT2D eigenvalue weighted by Crippen LogP contribution is 2.29. The Balaban J connectivity index is 0.000000853. The molecule has 0 saturated carbocycles. The summed E-state index contributed by atoms with van der Waals surface area (Å²) in [6.07, 6.45) is 2.05. The number of benzene rings is 1. The van der Waals surface area contributed by atoms with Crippen molar-refractivity contribution in [2.24, 2.45) is 7.05 Å². The number of para-hydroxylation sites is 1. The maximum Gasteiger partial charge on any atom is 0.0881 e. The number of rotatable bonds is 0. The minimum Gasteiger partial charge on any atom is -0.349 e. The second kappa shape index (κ2) is 3.81. The molecule has 0 spiro atoms. The average molecular weight is 310 g/mol. The van der Waals surface area contributed by atoms with Gasteiger partial charge in [-0.25, -0.2) is 4.98 Å². The number of hydrogen-bond acceptors (Lipinski definition) is 1. The average Bonchev–Trinajstić information content (AvgIpc) is 2.57. The van der Waals surface area contributed by atoms with Crippen LogP contribution in [0.2, 0.25) is 0 Å². The van der Waals surface area contributed by atoms with E-state index in [1.54, 1.807) is 0 Å². The van der Waals surface area contributed by atoms with Gasteiger partial charge in [-0.2, -0.15) is 0 Å². The number of hydrogen-bond donors (Lipinski definition) is 0. The van der Waals surface area contributed by atoms with Crippen molar-refractivity contribution in [3.8, 4) is 11.4 Å². The molecule has 0 saturated heterocycles. The first-order valence-electron chi connectivity index (χ1n) is 4.66. The first-order chi connectivity index (χ1) is 6.86. The number of fused-ring (bicyclic) bond motifs is 3. The fraction of sp³-hybridized carbons (Fsp3) is 0.0833. The van der Waals surface area contributed by atoms with E-state index in [0.29, 0.717) is 0 Å². The van der Waals surface area contributed by atoms with Gasteiger partial charge in [0, 0.05) is 18.6 Å². The monoisotopic (exact) mass is 310 g/mol. The molecule has 0 amide bonds. The largest absolute Gasteiger partial charge is 0.349 e. The summed E-state index contributed by atoms with van der Waals surface area (Å²) in [7, 11) is 2.05. The van der Waals surface area contributed by atoms with Crippen molar-refractivity contribution < 1.29 is 0 Å². The van der Waals surface area contributed by atoms with Crippen LogP contribution in [0.15, 0.2) is 42.6 Å². The Morgan fingerprint density at radius 2 is 1.87 bits per heavy atom. The van der Waals surface area contributed by atoms with Crippen LogP contribution in [0.3, 0.4) is 0 Å². The van der Waals surface area contributed by atoms with Crippen molar-refractivity contribution in [2.75, 3.05) is 0 Å². The maximum atomic E-state index is 4.56. The van der Waals surface area contributed by atoms with Gasteiger partial charge in [-0.15, -0.1) is 24.0 Å². The highest BCUT2D eigenvalue weighted by molar-refractivity contribution is 14.0. The van der Waals surface area contributed by atoms with E-state index in [1.807, 2.05) is 12.1 Å². The third kappa shape index (κ3) is 1.51. The van der Waals surface area contributed by atoms with Gasteiger partial charge in [0.05, 0.1) is 16.9 Å². The summed E-state index contributed by atoms with van der Waals surface area (Å²) in [5.41, 5.74) is 3.35. The molecule has 2 aliphatic rings. The van der Waals surface area contributed by atoms with Gasteiger partial charge in [-0.05, 0) is 18.2 Å². The van der Waals surface area contributed by atoms with Crippen LogP contribution in [0.1, 0.15) is 0 Å². The van der Waals surface area contributed by atoms with E-state index in [2.05, 4.69) is 47.1 Å². The zero-order chi connectivity index (χ0) is 9.54. The van der Waals surface area contributed by atoms with Gasteiger partial charge >= 0.3 is 0 Å². The lowest BCUT2D eigenvalue weighted by Gasteiger charge is -2.04. The summed E-state index contributed by atoms with van der Waals surface area (Å²) in [6, 6.07) is 12.3. The Morgan fingerprint density at radius 1 is 1.07 bits per heavy atom. The van der Waals surface area contributed by atoms with Gasteiger partial charge in [0.15, 0.2) is 0 Å². The van der Waals surface area contributed by atoms with Gasteiger partial charge < -0.3 is 4.57 Å². The molecule has 1 aromatic carbocycles. The molecule has 76 valence electrons. The molecule has 15 heavy (non-hydrogen) atoms. The van der Waals surface area contributed by atoms with Crippen LogP contribution in [0.25, 0.3) is 22.3 Å². The Hall–Kier alpha value is -1.10. The number of aryl methyl sites for hydroxylation is 1. The lowest BCUT2D eigenvalue weighted by molar-refractivity contribution is 0.918. The van der Waals surface area contributed by atoms with Crippen LogP contribution in [-0.2, 0) is 7.05 Å². The van der Waals surface area contributed by atoms with E-state index in [1.165, 1.54) is 11.1 Å². The van der Waals surface area contributed by atoms with Gasteiger partial charge in [0.2, 0.25) is 0 Å². The molecular weight excluding hydrogens is 299 g/mol. The number of nitrogens with zero attached hydrogens (tertiary/aromatic N) is 2. The standard InChI is InChI=1S/C12H10N2.HI/c1-14-8-4-7-11-12(14)9-5-2-3-6-10(9)13-11;/h2-8H,1H3;1H. The van der Waals surface area contributed by atoms with E-state index in [0.717, 1.165) is 11.2 Å². The molecule has 1 aromatic rings. The van der Waals surface area contributed by atoms with Gasteiger partial charge in [0.1, 0.15) is 0 Å². The molecule has 0 aliphatic carbocycles. The smallest absolute Gasteiger partial charge is 0.0881 e. The molecular formula is C12H11IN2. The summed E-state index contributed by atoms with van der Waals surface area (Å²) < 4.78 is 2.12. The molecule has 2 aliphatic heterocycles. The molecule has 0 N–H and O–H groups in total. The summed E-state index contributed by atoms with van der Waals surface area (Å²) in [5, 5.41) is 1.23. The van der Waals surface area contributed by atoms with Crippen LogP contribution in [0.5, 0.6) is 0 Å². The Morgan fingerprint density at radius 3 is 2.73 bits per heavy atom. The van der Waals surface area contributed by atoms with E-state index in [9.17, 15) is 0 Å². The first-order valence-corrected chi connectivity index (χ1v) is 4.66. The predicted molar refractivity (Wildman–Crippen MR) is 72.8 cm³/mol. The van der Waals surface area contributed by atoms with Crippen molar-refractivity contribution in [3.05, 3.63) is 42.6 Å². The van der Waals surface area contributed by atoms with E-state index >= 15 is 0 Å². The predicted octanol–water partition coefficient (Wildman–Crippen LogP) is 3.30. The van der Waals surface area contributed by atoms with Crippen LogP contribution in [0.4, 0.5) is 0 Å². The van der Waals surface area contributed by atoms with Crippen molar-refractivity contribution in [3.63, 3.8) is 0 Å². The van der Waals surface area contributed by atoms with E-state index in [-0.39, 0.29) is 24.0 Å². The highest BCUT2D eigenvalue weighted by Gasteiger charge is 2.11. The number of pyridine rings is 1. The third-order valence-corrected chi connectivity index (χ3v) is 2.56. The quantitative estimate of drug-likeness (QED) is 0.583. The second-order valence-electron chi connectivity index (χ2n) is 3.48. The highest BCUT2D eigenvalue weighted by atomic mass is 127. The number of aromatic nitrogens is 2. The van der Waals surface area contributed by atoms with Crippen molar-refractivity contribution in [2.45, 2.75) is 0 Å². The molecule has 3 rings (SSSR count). The lowest BCUT2D eigenvalue weighted by Crippen LogP contribution is -1.94. The third-order valence-electron chi connectivity index (χ3n) is 2.56. The number of halogens is 1. The van der Waals surface area contributed by atoms with Crippen LogP contribution in [-0.4, -0.2) is 9.55 Å². The minimum absolute atomic E-state index is 0. The van der Waals surface area contributed by atoms with Crippen molar-refractivity contribution >= 4 is 34.9 Å². The Bertz CT molecular complexity index is 571. The molecule has 0 aromatic heterocycles. The Labute approximate surface area is 105 Å². The van der Waals surface area contributed by atoms with Crippen molar-refractivity contribution in [1.82, 2.24) is 9.55 Å². The summed E-state index contributed by atoms with van der Waals surface area (Å²) in [6.45, 7) is 0. The van der Waals surface area contributed by atoms with Gasteiger partial charge in [-0.3, -0.25) is 0 Å². The molecule has 0 unspecified atom stereocenters. The Kier molecular flexibility index (Phi) is 2.65. The molecule has 2 heterocycles. The van der Waals surface area contributed by atoms with Crippen LogP contribution < -0.4 is 0 Å². The SMILES string of the molecule is Cn1cccc2nc3ccccc3c1-2.I. The molecule has 0 fully saturated rings. The fourth-order valence-corrected chi connectivity index (χ4v) is 1.92. The molecule has 0 bridgehead atoms. The summed E-state index contributed by atoms with van der Waals surface area (Å²) >= 11 is 0.